The number of carbonyl (C=O) groups is 3. The van der Waals surface area contributed by atoms with E-state index in [1.165, 1.54) is 0 Å². The van der Waals surface area contributed by atoms with Crippen LogP contribution in [-0.4, -0.2) is 60.2 Å². The van der Waals surface area contributed by atoms with Crippen molar-refractivity contribution in [2.75, 3.05) is 31.4 Å². The van der Waals surface area contributed by atoms with Crippen molar-refractivity contribution in [3.63, 3.8) is 0 Å². The Morgan fingerprint density at radius 3 is 2.00 bits per heavy atom. The summed E-state index contributed by atoms with van der Waals surface area (Å²) in [4.78, 5) is 38.8. The fourth-order valence-corrected chi connectivity index (χ4v) is 3.49. The van der Waals surface area contributed by atoms with Crippen LogP contribution >= 0.6 is 23.2 Å². The zero-order chi connectivity index (χ0) is 23.2. The van der Waals surface area contributed by atoms with Crippen molar-refractivity contribution in [3.8, 4) is 0 Å². The van der Waals surface area contributed by atoms with E-state index >= 15 is 0 Å². The van der Waals surface area contributed by atoms with E-state index in [0.29, 0.717) is 31.3 Å². The number of hydrogen-bond acceptors (Lipinski definition) is 5. The van der Waals surface area contributed by atoms with E-state index in [2.05, 4.69) is 10.6 Å². The Balaban J connectivity index is 1.90. The fourth-order valence-electron chi connectivity index (χ4n) is 3.06. The third-order valence-corrected chi connectivity index (χ3v) is 4.97. The number of hydrogen-bond donors (Lipinski definition) is 2. The van der Waals surface area contributed by atoms with Gasteiger partial charge < -0.3 is 10.1 Å². The number of nitrogens with one attached hydrogen (secondary N) is 2. The van der Waals surface area contributed by atoms with Crippen LogP contribution in [0.15, 0.2) is 60.7 Å². The van der Waals surface area contributed by atoms with Gasteiger partial charge in [-0.05, 0) is 17.5 Å². The molecule has 3 amide bonds. The molecule has 2 rings (SSSR count). The lowest BCUT2D eigenvalue weighted by atomic mass is 10.0. The van der Waals surface area contributed by atoms with E-state index < -0.39 is 23.9 Å². The molecular weight excluding hydrogens is 453 g/mol. The summed E-state index contributed by atoms with van der Waals surface area (Å²) in [5.74, 6) is -0.480. The van der Waals surface area contributed by atoms with Gasteiger partial charge in [-0.1, -0.05) is 60.7 Å². The Bertz CT molecular complexity index is 847. The second kappa shape index (κ2) is 14.5. The van der Waals surface area contributed by atoms with Crippen LogP contribution < -0.4 is 10.6 Å². The lowest BCUT2D eigenvalue weighted by Gasteiger charge is -2.29. The van der Waals surface area contributed by atoms with Gasteiger partial charge in [0.2, 0.25) is 11.8 Å². The number of halogens is 2. The molecule has 0 spiro atoms. The summed E-state index contributed by atoms with van der Waals surface area (Å²) in [6.07, 6.45) is -0.358. The third kappa shape index (κ3) is 9.26. The van der Waals surface area contributed by atoms with Crippen LogP contribution in [0.25, 0.3) is 0 Å². The summed E-state index contributed by atoms with van der Waals surface area (Å²) in [6, 6.07) is 18.0. The minimum absolute atomic E-state index is 0.0815. The average Bonchev–Trinajstić information content (AvgIpc) is 2.81. The lowest BCUT2D eigenvalue weighted by Crippen LogP contribution is -2.52. The highest BCUT2D eigenvalue weighted by Gasteiger charge is 2.27. The molecule has 32 heavy (non-hydrogen) atoms. The number of nitrogens with zero attached hydrogens (tertiary/aromatic N) is 1. The van der Waals surface area contributed by atoms with E-state index in [-0.39, 0.29) is 13.2 Å². The van der Waals surface area contributed by atoms with Crippen molar-refractivity contribution >= 4 is 41.1 Å². The highest BCUT2D eigenvalue weighted by Crippen LogP contribution is 2.11. The van der Waals surface area contributed by atoms with Crippen LogP contribution in [0.1, 0.15) is 11.1 Å². The van der Waals surface area contributed by atoms with Crippen LogP contribution in [0.2, 0.25) is 0 Å². The number of amides is 3. The maximum Gasteiger partial charge on any atom is 0.407 e. The van der Waals surface area contributed by atoms with Gasteiger partial charge in [0, 0.05) is 24.8 Å². The normalized spacial score (nSPS) is 11.6. The van der Waals surface area contributed by atoms with Gasteiger partial charge in [-0.2, -0.15) is 0 Å². The van der Waals surface area contributed by atoms with Crippen molar-refractivity contribution in [2.45, 2.75) is 19.1 Å². The zero-order valence-electron chi connectivity index (χ0n) is 17.6. The van der Waals surface area contributed by atoms with Crippen molar-refractivity contribution in [3.05, 3.63) is 71.8 Å². The molecule has 2 N–H and O–H groups in total. The van der Waals surface area contributed by atoms with E-state index in [4.69, 9.17) is 27.9 Å². The smallest absolute Gasteiger partial charge is 0.407 e. The first kappa shape index (κ1) is 25.6. The molecule has 9 heteroatoms. The quantitative estimate of drug-likeness (QED) is 0.457. The first-order valence-electron chi connectivity index (χ1n) is 10.2. The van der Waals surface area contributed by atoms with Gasteiger partial charge in [0.1, 0.15) is 13.2 Å². The number of alkyl halides is 2. The van der Waals surface area contributed by atoms with Crippen molar-refractivity contribution in [1.82, 2.24) is 15.5 Å². The molecule has 0 saturated carbocycles. The number of imide groups is 1. The summed E-state index contributed by atoms with van der Waals surface area (Å²) in [5.41, 5.74) is 1.77. The molecule has 0 heterocycles. The summed E-state index contributed by atoms with van der Waals surface area (Å²) >= 11 is 11.8. The average molecular weight is 480 g/mol. The van der Waals surface area contributed by atoms with Crippen molar-refractivity contribution in [1.29, 1.82) is 0 Å². The first-order chi connectivity index (χ1) is 15.5. The second-order valence-electron chi connectivity index (χ2n) is 6.95. The standard InChI is InChI=1S/C23H27Cl2N3O4/c24-11-13-28(14-12-25)20(15-18-7-3-1-4-8-18)22(30)27-21(29)16-26-23(31)32-17-19-9-5-2-6-10-19/h1-10,20H,11-17H2,(H,26,31)(H,27,29,30)/t20-/m0/s1. The monoisotopic (exact) mass is 479 g/mol. The topological polar surface area (TPSA) is 87.7 Å². The molecule has 0 bridgehead atoms. The van der Waals surface area contributed by atoms with Crippen molar-refractivity contribution < 1.29 is 19.1 Å². The molecule has 0 aliphatic rings. The SMILES string of the molecule is O=C(CNC(=O)OCc1ccccc1)NC(=O)[C@H](Cc1ccccc1)N(CCCl)CCCl. The molecule has 0 aliphatic carbocycles. The summed E-state index contributed by atoms with van der Waals surface area (Å²) in [5, 5.41) is 4.70. The maximum absolute atomic E-state index is 12.9. The highest BCUT2D eigenvalue weighted by molar-refractivity contribution is 6.18. The van der Waals surface area contributed by atoms with Gasteiger partial charge >= 0.3 is 6.09 Å². The van der Waals surface area contributed by atoms with Gasteiger partial charge in [-0.3, -0.25) is 19.8 Å². The number of rotatable bonds is 12. The molecule has 0 saturated heterocycles. The molecule has 1 atom stereocenters. The molecule has 2 aromatic carbocycles. The van der Waals surface area contributed by atoms with Gasteiger partial charge in [0.25, 0.3) is 0 Å². The summed E-state index contributed by atoms with van der Waals surface area (Å²) in [7, 11) is 0. The molecule has 172 valence electrons. The molecule has 2 aromatic rings. The minimum Gasteiger partial charge on any atom is -0.445 e. The number of benzene rings is 2. The largest absolute Gasteiger partial charge is 0.445 e. The predicted octanol–water partition coefficient (Wildman–Crippen LogP) is 2.95. The first-order valence-corrected chi connectivity index (χ1v) is 11.3. The van der Waals surface area contributed by atoms with Crippen molar-refractivity contribution in [2.24, 2.45) is 0 Å². The predicted molar refractivity (Wildman–Crippen MR) is 125 cm³/mol. The molecule has 0 unspecified atom stereocenters. The fraction of sp³-hybridized carbons (Fsp3) is 0.348. The Hall–Kier alpha value is -2.61. The van der Waals surface area contributed by atoms with E-state index in [1.807, 2.05) is 65.6 Å². The third-order valence-electron chi connectivity index (χ3n) is 4.63. The van der Waals surface area contributed by atoms with E-state index in [1.54, 1.807) is 0 Å². The number of ether oxygens (including phenoxy) is 1. The highest BCUT2D eigenvalue weighted by atomic mass is 35.5. The molecule has 0 fully saturated rings. The van der Waals surface area contributed by atoms with Crippen LogP contribution in [0.4, 0.5) is 4.79 Å². The minimum atomic E-state index is -0.747. The van der Waals surface area contributed by atoms with Gasteiger partial charge in [-0.15, -0.1) is 23.2 Å². The molecule has 0 aromatic heterocycles. The van der Waals surface area contributed by atoms with Crippen LogP contribution in [0, 0.1) is 0 Å². The second-order valence-corrected chi connectivity index (χ2v) is 7.70. The molecule has 0 radical (unpaired) electrons. The Kier molecular flexibility index (Phi) is 11.6. The Morgan fingerprint density at radius 2 is 1.44 bits per heavy atom. The zero-order valence-corrected chi connectivity index (χ0v) is 19.1. The van der Waals surface area contributed by atoms with Gasteiger partial charge in [0.05, 0.1) is 6.04 Å². The van der Waals surface area contributed by atoms with Gasteiger partial charge in [-0.25, -0.2) is 4.79 Å². The number of carbonyl (C=O) groups excluding carboxylic acids is 3. The Labute approximate surface area is 198 Å². The van der Waals surface area contributed by atoms with E-state index in [0.717, 1.165) is 11.1 Å². The number of alkyl carbamates (subject to hydrolysis) is 1. The summed E-state index contributed by atoms with van der Waals surface area (Å²) < 4.78 is 5.06. The van der Waals surface area contributed by atoms with Crippen LogP contribution in [0.3, 0.4) is 0 Å². The lowest BCUT2D eigenvalue weighted by molar-refractivity contribution is -0.133. The van der Waals surface area contributed by atoms with E-state index in [9.17, 15) is 14.4 Å². The van der Waals surface area contributed by atoms with Crippen LogP contribution in [0.5, 0.6) is 0 Å². The molecule has 0 aliphatic heterocycles. The van der Waals surface area contributed by atoms with Crippen LogP contribution in [-0.2, 0) is 27.4 Å². The molecular formula is C23H27Cl2N3O4. The maximum atomic E-state index is 12.9. The Morgan fingerprint density at radius 1 is 0.875 bits per heavy atom. The van der Waals surface area contributed by atoms with Gasteiger partial charge in [0.15, 0.2) is 0 Å². The summed E-state index contributed by atoms with van der Waals surface area (Å²) in [6.45, 7) is 0.579. The molecule has 7 nitrogen and oxygen atoms in total.